The third-order valence-electron chi connectivity index (χ3n) is 6.92. The summed E-state index contributed by atoms with van der Waals surface area (Å²) in [6.07, 6.45) is 2.68. The minimum absolute atomic E-state index is 0.0982. The van der Waals surface area contributed by atoms with Crippen LogP contribution in [0.15, 0.2) is 77.1 Å². The van der Waals surface area contributed by atoms with Gasteiger partial charge in [-0.15, -0.1) is 0 Å². The number of hydrogen-bond acceptors (Lipinski definition) is 10. The number of benzene rings is 2. The Morgan fingerprint density at radius 3 is 2.47 bits per heavy atom. The van der Waals surface area contributed by atoms with E-state index < -0.39 is 28.9 Å². The number of methoxy groups -OCH3 is 1. The average molecular weight is 611 g/mol. The second-order valence-electron chi connectivity index (χ2n) is 10.1. The maximum absolute atomic E-state index is 15.2. The van der Waals surface area contributed by atoms with Crippen molar-refractivity contribution in [3.8, 4) is 16.9 Å². The van der Waals surface area contributed by atoms with Crippen molar-refractivity contribution in [1.82, 2.24) is 24.5 Å². The number of esters is 2. The van der Waals surface area contributed by atoms with Gasteiger partial charge in [-0.05, 0) is 48.9 Å². The summed E-state index contributed by atoms with van der Waals surface area (Å²) in [6.45, 7) is 6.52. The van der Waals surface area contributed by atoms with Crippen molar-refractivity contribution < 1.29 is 23.5 Å². The van der Waals surface area contributed by atoms with Crippen molar-refractivity contribution in [3.05, 3.63) is 111 Å². The highest BCUT2D eigenvalue weighted by Crippen LogP contribution is 2.29. The molecule has 0 aliphatic heterocycles. The molecule has 0 aliphatic carbocycles. The van der Waals surface area contributed by atoms with Gasteiger partial charge in [0.15, 0.2) is 0 Å². The summed E-state index contributed by atoms with van der Waals surface area (Å²) in [5.74, 6) is -1.59. The molecule has 3 heterocycles. The van der Waals surface area contributed by atoms with Gasteiger partial charge in [-0.1, -0.05) is 24.3 Å². The Balaban J connectivity index is 1.65. The lowest BCUT2D eigenvalue weighted by molar-refractivity contribution is -0.142. The van der Waals surface area contributed by atoms with Crippen LogP contribution >= 0.6 is 0 Å². The van der Waals surface area contributed by atoms with Crippen LogP contribution in [0.2, 0.25) is 0 Å². The fourth-order valence-corrected chi connectivity index (χ4v) is 4.66. The molecule has 0 bridgehead atoms. The van der Waals surface area contributed by atoms with Gasteiger partial charge in [0.05, 0.1) is 35.6 Å². The Bertz CT molecular complexity index is 2120. The fraction of sp³-hybridized carbons (Fsp3) is 0.156. The Hall–Kier alpha value is -5.98. The van der Waals surface area contributed by atoms with Gasteiger partial charge in [-0.2, -0.15) is 14.9 Å². The number of ether oxygens (including phenoxy) is 2. The van der Waals surface area contributed by atoms with Crippen molar-refractivity contribution in [3.63, 3.8) is 0 Å². The number of nitrogens with zero attached hydrogens (tertiary/aromatic N) is 5. The minimum Gasteiger partial charge on any atom is -0.465 e. The van der Waals surface area contributed by atoms with E-state index >= 15 is 4.39 Å². The number of carbonyl (C=O) groups excluding carboxylic acids is 2. The molecule has 0 aliphatic rings. The number of aryl methyl sites for hydroxylation is 1. The Kier molecular flexibility index (Phi) is 8.35. The zero-order valence-corrected chi connectivity index (χ0v) is 24.8. The lowest BCUT2D eigenvalue weighted by Crippen LogP contribution is -2.24. The van der Waals surface area contributed by atoms with Crippen molar-refractivity contribution in [2.75, 3.05) is 12.4 Å². The predicted octanol–water partition coefficient (Wildman–Crippen LogP) is 4.31. The van der Waals surface area contributed by atoms with E-state index in [1.807, 2.05) is 0 Å². The van der Waals surface area contributed by atoms with E-state index in [9.17, 15) is 19.2 Å². The first kappa shape index (κ1) is 30.5. The van der Waals surface area contributed by atoms with Crippen molar-refractivity contribution in [2.24, 2.45) is 7.05 Å². The van der Waals surface area contributed by atoms with Crippen molar-refractivity contribution >= 4 is 39.8 Å². The van der Waals surface area contributed by atoms with Crippen molar-refractivity contribution in [1.29, 1.82) is 0 Å². The van der Waals surface area contributed by atoms with E-state index in [4.69, 9.17) is 4.74 Å². The number of anilines is 2. The number of carbonyl (C=O) groups is 2. The molecule has 5 rings (SSSR count). The number of halogens is 1. The molecule has 0 unspecified atom stereocenters. The van der Waals surface area contributed by atoms with Crippen molar-refractivity contribution in [2.45, 2.75) is 20.5 Å². The number of rotatable bonds is 8. The topological polar surface area (TPSA) is 147 Å². The lowest BCUT2D eigenvalue weighted by Gasteiger charge is -2.17. The standard InChI is InChI=1S/C32H27FN6O6/c1-17(2)20-11-21-15-35-39(31(42)29(21)24(33)12-20)27-8-6-7-22(23(27)16-45-18(3)40)25-13-26(30(41)38(4)37-25)36-28-10-9-19(14-34-28)32(43)44-5/h6-15H,1,16H2,2-5H3,(H,34,36). The summed E-state index contributed by atoms with van der Waals surface area (Å²) >= 11 is 0. The molecule has 12 nitrogen and oxygen atoms in total. The highest BCUT2D eigenvalue weighted by Gasteiger charge is 2.20. The van der Waals surface area contributed by atoms with Crippen LogP contribution in [0.25, 0.3) is 33.3 Å². The Morgan fingerprint density at radius 2 is 1.80 bits per heavy atom. The van der Waals surface area contributed by atoms with Gasteiger partial charge in [-0.25, -0.2) is 18.9 Å². The molecule has 0 spiro atoms. The molecule has 228 valence electrons. The quantitative estimate of drug-likeness (QED) is 0.252. The molecule has 13 heteroatoms. The first-order valence-electron chi connectivity index (χ1n) is 13.5. The van der Waals surface area contributed by atoms with Crippen LogP contribution in [0.4, 0.5) is 15.9 Å². The zero-order valence-electron chi connectivity index (χ0n) is 24.8. The molecule has 3 aromatic heterocycles. The van der Waals surface area contributed by atoms with E-state index in [0.29, 0.717) is 27.6 Å². The zero-order chi connectivity index (χ0) is 32.4. The van der Waals surface area contributed by atoms with Crippen LogP contribution in [0.3, 0.4) is 0 Å². The molecule has 0 saturated carbocycles. The predicted molar refractivity (Wildman–Crippen MR) is 165 cm³/mol. The smallest absolute Gasteiger partial charge is 0.339 e. The number of pyridine rings is 1. The van der Waals surface area contributed by atoms with Gasteiger partial charge < -0.3 is 14.8 Å². The summed E-state index contributed by atoms with van der Waals surface area (Å²) in [4.78, 5) is 54.4. The SMILES string of the molecule is C=C(C)c1cc(F)c2c(=O)n(-c3cccc(-c4cc(Nc5ccc(C(=O)OC)cn5)c(=O)n(C)n4)c3COC(C)=O)ncc2c1. The molecule has 45 heavy (non-hydrogen) atoms. The Morgan fingerprint density at radius 1 is 1.02 bits per heavy atom. The van der Waals surface area contributed by atoms with E-state index in [1.165, 1.54) is 57.7 Å². The molecule has 5 aromatic rings. The Labute approximate surface area is 255 Å². The summed E-state index contributed by atoms with van der Waals surface area (Å²) < 4.78 is 27.4. The molecule has 1 N–H and O–H groups in total. The maximum Gasteiger partial charge on any atom is 0.339 e. The van der Waals surface area contributed by atoms with Crippen LogP contribution < -0.4 is 16.4 Å². The average Bonchev–Trinajstić information content (AvgIpc) is 3.01. The second-order valence-corrected chi connectivity index (χ2v) is 10.1. The molecule has 0 fully saturated rings. The van der Waals surface area contributed by atoms with E-state index in [-0.39, 0.29) is 40.4 Å². The maximum atomic E-state index is 15.2. The lowest BCUT2D eigenvalue weighted by atomic mass is 10.0. The summed E-state index contributed by atoms with van der Waals surface area (Å²) in [6, 6.07) is 12.2. The molecular formula is C32H27FN6O6. The number of aromatic nitrogens is 5. The summed E-state index contributed by atoms with van der Waals surface area (Å²) in [5, 5.41) is 11.8. The van der Waals surface area contributed by atoms with Crippen LogP contribution in [0, 0.1) is 5.82 Å². The normalized spacial score (nSPS) is 10.9. The van der Waals surface area contributed by atoms with Gasteiger partial charge in [0.25, 0.3) is 11.1 Å². The molecular weight excluding hydrogens is 583 g/mol. The van der Waals surface area contributed by atoms with E-state index in [1.54, 1.807) is 31.2 Å². The van der Waals surface area contributed by atoms with Gasteiger partial charge in [0.1, 0.15) is 23.9 Å². The summed E-state index contributed by atoms with van der Waals surface area (Å²) in [7, 11) is 2.71. The molecule has 2 aromatic carbocycles. The first-order chi connectivity index (χ1) is 21.5. The monoisotopic (exact) mass is 610 g/mol. The van der Waals surface area contributed by atoms with Crippen LogP contribution in [0.1, 0.15) is 35.3 Å². The fourth-order valence-electron chi connectivity index (χ4n) is 4.66. The number of fused-ring (bicyclic) bond motifs is 1. The number of nitrogens with one attached hydrogen (secondary N) is 1. The van der Waals surface area contributed by atoms with Gasteiger partial charge >= 0.3 is 11.9 Å². The first-order valence-corrected chi connectivity index (χ1v) is 13.5. The molecule has 0 radical (unpaired) electrons. The molecule has 0 amide bonds. The minimum atomic E-state index is -0.729. The van der Waals surface area contributed by atoms with E-state index in [0.717, 1.165) is 9.36 Å². The summed E-state index contributed by atoms with van der Waals surface area (Å²) in [5.41, 5.74) is 1.53. The van der Waals surface area contributed by atoms with Crippen LogP contribution in [-0.4, -0.2) is 43.6 Å². The van der Waals surface area contributed by atoms with E-state index in [2.05, 4.69) is 31.8 Å². The van der Waals surface area contributed by atoms with Gasteiger partial charge in [-0.3, -0.25) is 14.4 Å². The number of hydrogen-bond donors (Lipinski definition) is 1. The van der Waals surface area contributed by atoms with Gasteiger partial charge in [0.2, 0.25) is 0 Å². The number of allylic oxidation sites excluding steroid dienone is 1. The third-order valence-corrected chi connectivity index (χ3v) is 6.92. The van der Waals surface area contributed by atoms with Crippen LogP contribution in [0.5, 0.6) is 0 Å². The largest absolute Gasteiger partial charge is 0.465 e. The van der Waals surface area contributed by atoms with Gasteiger partial charge in [0, 0.05) is 36.7 Å². The molecule has 0 saturated heterocycles. The van der Waals surface area contributed by atoms with Crippen LogP contribution in [-0.2, 0) is 27.9 Å². The highest BCUT2D eigenvalue weighted by atomic mass is 19.1. The second kappa shape index (κ2) is 12.3. The highest BCUT2D eigenvalue weighted by molar-refractivity contribution is 5.89. The molecule has 0 atom stereocenters. The third kappa shape index (κ3) is 6.09.